The summed E-state index contributed by atoms with van der Waals surface area (Å²) in [7, 11) is 1.53. The number of hydrogen-bond acceptors (Lipinski definition) is 5. The summed E-state index contributed by atoms with van der Waals surface area (Å²) in [5, 5.41) is 12.9. The lowest BCUT2D eigenvalue weighted by Gasteiger charge is -2.12. The summed E-state index contributed by atoms with van der Waals surface area (Å²) < 4.78 is 24.6. The van der Waals surface area contributed by atoms with E-state index < -0.39 is 18.3 Å². The topological polar surface area (TPSA) is 81.8 Å². The highest BCUT2D eigenvalue weighted by Gasteiger charge is 2.15. The lowest BCUT2D eigenvalue weighted by molar-refractivity contribution is 0.0999. The van der Waals surface area contributed by atoms with Crippen molar-refractivity contribution in [2.45, 2.75) is 13.2 Å². The molecule has 0 spiro atoms. The lowest BCUT2D eigenvalue weighted by atomic mass is 10.1. The van der Waals surface area contributed by atoms with Crippen LogP contribution in [0.15, 0.2) is 22.9 Å². The summed E-state index contributed by atoms with van der Waals surface area (Å²) in [6.45, 7) is -0.374. The number of amides is 1. The number of thiophene rings is 1. The smallest absolute Gasteiger partial charge is 0.248 e. The summed E-state index contributed by atoms with van der Waals surface area (Å²) in [6.07, 6.45) is 0. The normalized spacial score (nSPS) is 10.4. The fraction of sp³-hybridized carbons (Fsp3) is 0.214. The highest BCUT2D eigenvalue weighted by atomic mass is 32.1. The molecule has 0 saturated heterocycles. The van der Waals surface area contributed by atoms with E-state index in [1.54, 1.807) is 5.38 Å². The molecule has 1 aromatic carbocycles. The van der Waals surface area contributed by atoms with Crippen LogP contribution in [0.5, 0.6) is 11.5 Å². The summed E-state index contributed by atoms with van der Waals surface area (Å²) in [4.78, 5) is 11.1. The summed E-state index contributed by atoms with van der Waals surface area (Å²) in [5.74, 6) is -0.963. The number of carbonyl (C=O) groups excluding carboxylic acids is 1. The van der Waals surface area contributed by atoms with Crippen LogP contribution < -0.4 is 15.2 Å². The number of methoxy groups -OCH3 is 1. The summed E-state index contributed by atoms with van der Waals surface area (Å²) in [5.41, 5.74) is 6.02. The minimum Gasteiger partial charge on any atom is -0.495 e. The molecule has 2 rings (SSSR count). The third kappa shape index (κ3) is 3.32. The maximum Gasteiger partial charge on any atom is 0.248 e. The van der Waals surface area contributed by atoms with Crippen molar-refractivity contribution in [3.8, 4) is 11.5 Å². The zero-order chi connectivity index (χ0) is 15.4. The lowest BCUT2D eigenvalue weighted by Crippen LogP contribution is -2.13. The number of aliphatic hydroxyl groups is 1. The van der Waals surface area contributed by atoms with Crippen molar-refractivity contribution >= 4 is 17.2 Å². The highest BCUT2D eigenvalue weighted by Crippen LogP contribution is 2.29. The zero-order valence-corrected chi connectivity index (χ0v) is 12.1. The Morgan fingerprint density at radius 2 is 2.14 bits per heavy atom. The van der Waals surface area contributed by atoms with E-state index in [9.17, 15) is 14.3 Å². The minimum atomic E-state index is -0.769. The first-order valence-electron chi connectivity index (χ1n) is 6.01. The first kappa shape index (κ1) is 15.3. The Hall–Kier alpha value is -2.12. The van der Waals surface area contributed by atoms with Gasteiger partial charge in [-0.1, -0.05) is 0 Å². The van der Waals surface area contributed by atoms with Gasteiger partial charge in [-0.15, -0.1) is 11.3 Å². The molecule has 0 atom stereocenters. The number of halogens is 1. The zero-order valence-electron chi connectivity index (χ0n) is 11.3. The molecule has 21 heavy (non-hydrogen) atoms. The Labute approximate surface area is 124 Å². The molecule has 0 radical (unpaired) electrons. The minimum absolute atomic E-state index is 0.0167. The third-order valence-electron chi connectivity index (χ3n) is 2.87. The van der Waals surface area contributed by atoms with E-state index in [2.05, 4.69) is 0 Å². The molecule has 3 N–H and O–H groups in total. The highest BCUT2D eigenvalue weighted by molar-refractivity contribution is 7.08. The number of rotatable bonds is 6. The van der Waals surface area contributed by atoms with Gasteiger partial charge in [0.2, 0.25) is 5.91 Å². The predicted molar refractivity (Wildman–Crippen MR) is 76.0 cm³/mol. The maximum atomic E-state index is 14.0. The van der Waals surface area contributed by atoms with Crippen molar-refractivity contribution in [3.05, 3.63) is 45.4 Å². The van der Waals surface area contributed by atoms with Crippen molar-refractivity contribution in [3.63, 3.8) is 0 Å². The molecular formula is C14H14FNO4S. The van der Waals surface area contributed by atoms with Gasteiger partial charge in [-0.2, -0.15) is 0 Å². The van der Waals surface area contributed by atoms with E-state index in [1.807, 2.05) is 5.38 Å². The van der Waals surface area contributed by atoms with Crippen molar-refractivity contribution in [1.29, 1.82) is 0 Å². The predicted octanol–water partition coefficient (Wildman–Crippen LogP) is 2.07. The molecule has 0 fully saturated rings. The number of carbonyl (C=O) groups is 1. The molecule has 0 saturated carbocycles. The van der Waals surface area contributed by atoms with Crippen molar-refractivity contribution < 1.29 is 23.8 Å². The van der Waals surface area contributed by atoms with Crippen LogP contribution in [-0.2, 0) is 13.2 Å². The average molecular weight is 311 g/mol. The quantitative estimate of drug-likeness (QED) is 0.855. The van der Waals surface area contributed by atoms with Crippen molar-refractivity contribution in [2.24, 2.45) is 5.73 Å². The summed E-state index contributed by atoms with van der Waals surface area (Å²) >= 11 is 1.44. The fourth-order valence-electron chi connectivity index (χ4n) is 1.82. The van der Waals surface area contributed by atoms with E-state index in [-0.39, 0.29) is 23.5 Å². The van der Waals surface area contributed by atoms with Crippen LogP contribution in [0, 0.1) is 5.82 Å². The molecule has 1 amide bonds. The Balaban J connectivity index is 2.25. The number of hydrogen-bond donors (Lipinski definition) is 2. The average Bonchev–Trinajstić information content (AvgIpc) is 2.92. The second-order valence-electron chi connectivity index (χ2n) is 4.22. The van der Waals surface area contributed by atoms with Crippen LogP contribution in [0.4, 0.5) is 4.39 Å². The van der Waals surface area contributed by atoms with Crippen LogP contribution in [0.1, 0.15) is 21.5 Å². The molecule has 0 aliphatic carbocycles. The second-order valence-corrected chi connectivity index (χ2v) is 4.97. The molecule has 0 bridgehead atoms. The van der Waals surface area contributed by atoms with Crippen molar-refractivity contribution in [2.75, 3.05) is 7.11 Å². The van der Waals surface area contributed by atoms with Crippen LogP contribution in [0.25, 0.3) is 0 Å². The van der Waals surface area contributed by atoms with Gasteiger partial charge in [-0.05, 0) is 12.1 Å². The van der Waals surface area contributed by atoms with Crippen LogP contribution in [-0.4, -0.2) is 18.1 Å². The summed E-state index contributed by atoms with van der Waals surface area (Å²) in [6, 6.07) is 2.30. The van der Waals surface area contributed by atoms with Gasteiger partial charge < -0.3 is 20.3 Å². The molecular weight excluding hydrogens is 297 g/mol. The number of benzene rings is 1. The molecule has 1 heterocycles. The van der Waals surface area contributed by atoms with Gasteiger partial charge >= 0.3 is 0 Å². The van der Waals surface area contributed by atoms with Crippen LogP contribution in [0.2, 0.25) is 0 Å². The van der Waals surface area contributed by atoms with E-state index in [0.717, 1.165) is 11.6 Å². The van der Waals surface area contributed by atoms with Gasteiger partial charge in [-0.25, -0.2) is 4.39 Å². The number of ether oxygens (including phenoxy) is 2. The maximum absolute atomic E-state index is 14.0. The Kier molecular flexibility index (Phi) is 4.77. The number of primary amides is 1. The third-order valence-corrected chi connectivity index (χ3v) is 3.64. The first-order valence-corrected chi connectivity index (χ1v) is 6.96. The molecule has 2 aromatic rings. The second kappa shape index (κ2) is 6.55. The van der Waals surface area contributed by atoms with E-state index >= 15 is 0 Å². The fourth-order valence-corrected chi connectivity index (χ4v) is 2.61. The number of aliphatic hydroxyl groups excluding tert-OH is 1. The van der Waals surface area contributed by atoms with Gasteiger partial charge in [0.15, 0.2) is 11.6 Å². The van der Waals surface area contributed by atoms with Crippen LogP contribution >= 0.6 is 11.3 Å². The van der Waals surface area contributed by atoms with Crippen LogP contribution in [0.3, 0.4) is 0 Å². The molecule has 0 unspecified atom stereocenters. The Morgan fingerprint density at radius 3 is 2.76 bits per heavy atom. The van der Waals surface area contributed by atoms with Gasteiger partial charge in [0, 0.05) is 27.5 Å². The van der Waals surface area contributed by atoms with Gasteiger partial charge in [0.05, 0.1) is 13.7 Å². The standard InChI is InChI=1S/C14H14FNO4S/c1-19-12-7-21-6-10(12)5-20-13-9(4-17)2-8(14(16)18)3-11(13)15/h2-3,6-7,17H,4-5H2,1H3,(H2,16,18). The van der Waals surface area contributed by atoms with E-state index in [4.69, 9.17) is 15.2 Å². The molecule has 1 aromatic heterocycles. The number of nitrogens with two attached hydrogens (primary N) is 1. The SMILES string of the molecule is COc1cscc1COc1c(F)cc(C(N)=O)cc1CO. The largest absolute Gasteiger partial charge is 0.495 e. The molecule has 7 heteroatoms. The van der Waals surface area contributed by atoms with Gasteiger partial charge in [0.1, 0.15) is 12.4 Å². The molecule has 112 valence electrons. The molecule has 0 aliphatic heterocycles. The van der Waals surface area contributed by atoms with Gasteiger partial charge in [-0.3, -0.25) is 4.79 Å². The van der Waals surface area contributed by atoms with Gasteiger partial charge in [0.25, 0.3) is 0 Å². The molecule has 5 nitrogen and oxygen atoms in total. The first-order chi connectivity index (χ1) is 10.1. The van der Waals surface area contributed by atoms with E-state index in [0.29, 0.717) is 5.75 Å². The Bertz CT molecular complexity index is 656. The van der Waals surface area contributed by atoms with Crippen molar-refractivity contribution in [1.82, 2.24) is 0 Å². The monoisotopic (exact) mass is 311 g/mol. The Morgan fingerprint density at radius 1 is 1.38 bits per heavy atom. The van der Waals surface area contributed by atoms with E-state index in [1.165, 1.54) is 24.5 Å². The molecule has 0 aliphatic rings.